The molecule has 2 aromatic rings. The van der Waals surface area contributed by atoms with Crippen LogP contribution in [0.15, 0.2) is 24.5 Å². The molecule has 32 heavy (non-hydrogen) atoms. The van der Waals surface area contributed by atoms with Crippen molar-refractivity contribution in [3.05, 3.63) is 41.5 Å². The number of esters is 1. The van der Waals surface area contributed by atoms with Gasteiger partial charge in [-0.25, -0.2) is 14.6 Å². The van der Waals surface area contributed by atoms with E-state index in [4.69, 9.17) is 4.74 Å². The second kappa shape index (κ2) is 7.92. The number of imidazole rings is 1. The first kappa shape index (κ1) is 22.3. The average molecular weight is 440 g/mol. The Kier molecular flexibility index (Phi) is 5.53. The van der Waals surface area contributed by atoms with Crippen LogP contribution in [0.4, 0.5) is 10.5 Å². The zero-order valence-corrected chi connectivity index (χ0v) is 20.0. The van der Waals surface area contributed by atoms with Gasteiger partial charge in [-0.3, -0.25) is 14.4 Å². The molecule has 0 bridgehead atoms. The lowest BCUT2D eigenvalue weighted by Crippen LogP contribution is -2.59. The minimum atomic E-state index is -0.626. The summed E-state index contributed by atoms with van der Waals surface area (Å²) >= 11 is 0. The number of aryl methyl sites for hydroxylation is 1. The van der Waals surface area contributed by atoms with E-state index in [1.165, 1.54) is 0 Å². The minimum Gasteiger partial charge on any atom is -0.455 e. The molecule has 0 saturated carbocycles. The first-order valence-corrected chi connectivity index (χ1v) is 11.1. The third-order valence-corrected chi connectivity index (χ3v) is 6.31. The molecule has 4 rings (SSSR count). The molecule has 0 aliphatic carbocycles. The molecule has 1 saturated heterocycles. The van der Waals surface area contributed by atoms with E-state index in [1.807, 2.05) is 55.4 Å². The summed E-state index contributed by atoms with van der Waals surface area (Å²) in [5.74, 6) is -0.476. The van der Waals surface area contributed by atoms with E-state index in [0.717, 1.165) is 16.9 Å². The molecular weight excluding hydrogens is 406 g/mol. The van der Waals surface area contributed by atoms with Crippen molar-refractivity contribution in [3.8, 4) is 5.69 Å². The molecule has 1 aromatic heterocycles. The van der Waals surface area contributed by atoms with Gasteiger partial charge in [-0.1, -0.05) is 6.07 Å². The van der Waals surface area contributed by atoms with Gasteiger partial charge in [-0.15, -0.1) is 0 Å². The van der Waals surface area contributed by atoms with Crippen molar-refractivity contribution < 1.29 is 14.3 Å². The zero-order chi connectivity index (χ0) is 23.4. The number of nitrogens with zero attached hydrogens (tertiary/aromatic N) is 5. The molecule has 2 amide bonds. The molecule has 0 radical (unpaired) electrons. The predicted molar refractivity (Wildman–Crippen MR) is 123 cm³/mol. The van der Waals surface area contributed by atoms with Crippen molar-refractivity contribution in [1.29, 1.82) is 0 Å². The molecule has 1 fully saturated rings. The molecule has 0 unspecified atom stereocenters. The lowest BCUT2D eigenvalue weighted by molar-refractivity contribution is 0.00619. The maximum absolute atomic E-state index is 13.8. The van der Waals surface area contributed by atoms with Crippen molar-refractivity contribution in [2.24, 2.45) is 0 Å². The molecule has 0 N–H and O–H groups in total. The van der Waals surface area contributed by atoms with Gasteiger partial charge in [0.2, 0.25) is 0 Å². The third-order valence-electron chi connectivity index (χ3n) is 6.31. The topological polar surface area (TPSA) is 70.9 Å². The second-order valence-electron chi connectivity index (χ2n) is 10.0. The number of hydrogen-bond donors (Lipinski definition) is 0. The summed E-state index contributed by atoms with van der Waals surface area (Å²) in [4.78, 5) is 37.0. The number of ether oxygens (including phenoxy) is 1. The van der Waals surface area contributed by atoms with E-state index in [2.05, 4.69) is 30.8 Å². The van der Waals surface area contributed by atoms with Crippen molar-refractivity contribution >= 4 is 17.7 Å². The van der Waals surface area contributed by atoms with Crippen molar-refractivity contribution in [1.82, 2.24) is 19.4 Å². The molecule has 2 atom stereocenters. The number of amides is 2. The number of hydrogen-bond acceptors (Lipinski definition) is 5. The normalized spacial score (nSPS) is 21.2. The molecule has 8 nitrogen and oxygen atoms in total. The SMILES string of the molecule is Cc1ccc2c(c1)N(C(=O)N1C[C@@H](C)N(C)[C@@H](C)C1)Cc1c(C(=O)OC(C)(C)C)ncn1-2. The van der Waals surface area contributed by atoms with E-state index in [1.54, 1.807) is 11.2 Å². The van der Waals surface area contributed by atoms with Crippen LogP contribution in [0, 0.1) is 6.92 Å². The van der Waals surface area contributed by atoms with E-state index >= 15 is 0 Å². The van der Waals surface area contributed by atoms with Crippen LogP contribution in [-0.4, -0.2) is 69.2 Å². The summed E-state index contributed by atoms with van der Waals surface area (Å²) in [7, 11) is 2.10. The highest BCUT2D eigenvalue weighted by Gasteiger charge is 2.37. The predicted octanol–water partition coefficient (Wildman–Crippen LogP) is 3.60. The van der Waals surface area contributed by atoms with Gasteiger partial charge in [-0.05, 0) is 66.3 Å². The van der Waals surface area contributed by atoms with Gasteiger partial charge in [0.25, 0.3) is 0 Å². The highest BCUT2D eigenvalue weighted by atomic mass is 16.6. The summed E-state index contributed by atoms with van der Waals surface area (Å²) in [6.07, 6.45) is 1.64. The van der Waals surface area contributed by atoms with Crippen LogP contribution in [0.2, 0.25) is 0 Å². The Hall–Kier alpha value is -2.87. The summed E-state index contributed by atoms with van der Waals surface area (Å²) in [6.45, 7) is 13.4. The number of urea groups is 1. The van der Waals surface area contributed by atoms with Crippen LogP contribution in [0.1, 0.15) is 56.4 Å². The Morgan fingerprint density at radius 1 is 1.09 bits per heavy atom. The Balaban J connectivity index is 1.73. The van der Waals surface area contributed by atoms with Crippen LogP contribution >= 0.6 is 0 Å². The lowest BCUT2D eigenvalue weighted by Gasteiger charge is -2.44. The monoisotopic (exact) mass is 439 g/mol. The third kappa shape index (κ3) is 3.99. The molecule has 1 aromatic carbocycles. The van der Waals surface area contributed by atoms with Crippen molar-refractivity contribution in [2.75, 3.05) is 25.0 Å². The van der Waals surface area contributed by atoms with E-state index < -0.39 is 11.6 Å². The van der Waals surface area contributed by atoms with Crippen LogP contribution < -0.4 is 4.90 Å². The Morgan fingerprint density at radius 2 is 1.75 bits per heavy atom. The quantitative estimate of drug-likeness (QED) is 0.635. The van der Waals surface area contributed by atoms with Gasteiger partial charge >= 0.3 is 12.0 Å². The first-order chi connectivity index (χ1) is 15.0. The number of carbonyl (C=O) groups is 2. The van der Waals surface area contributed by atoms with Gasteiger partial charge in [0.1, 0.15) is 11.9 Å². The molecule has 2 aliphatic heterocycles. The fourth-order valence-electron chi connectivity index (χ4n) is 4.42. The molecule has 2 aliphatic rings. The highest BCUT2D eigenvalue weighted by molar-refractivity contribution is 5.97. The first-order valence-electron chi connectivity index (χ1n) is 11.1. The lowest BCUT2D eigenvalue weighted by atomic mass is 10.1. The summed E-state index contributed by atoms with van der Waals surface area (Å²) in [5, 5.41) is 0. The summed E-state index contributed by atoms with van der Waals surface area (Å²) < 4.78 is 7.47. The molecule has 0 spiro atoms. The number of anilines is 1. The Morgan fingerprint density at radius 3 is 2.38 bits per heavy atom. The summed E-state index contributed by atoms with van der Waals surface area (Å²) in [5.41, 5.74) is 3.03. The molecular formula is C24H33N5O3. The number of piperazine rings is 1. The van der Waals surface area contributed by atoms with E-state index in [9.17, 15) is 9.59 Å². The average Bonchev–Trinajstić information content (AvgIpc) is 3.13. The number of fused-ring (bicyclic) bond motifs is 3. The largest absolute Gasteiger partial charge is 0.455 e. The maximum Gasteiger partial charge on any atom is 0.359 e. The number of likely N-dealkylation sites (N-methyl/N-ethyl adjacent to an activating group) is 1. The number of carbonyl (C=O) groups excluding carboxylic acids is 2. The molecule has 8 heteroatoms. The van der Waals surface area contributed by atoms with Crippen LogP contribution in [0.5, 0.6) is 0 Å². The van der Waals surface area contributed by atoms with Crippen LogP contribution in [-0.2, 0) is 11.3 Å². The number of benzene rings is 1. The van der Waals surface area contributed by atoms with Crippen LogP contribution in [0.25, 0.3) is 5.69 Å². The van der Waals surface area contributed by atoms with E-state index in [-0.39, 0.29) is 30.4 Å². The number of aromatic nitrogens is 2. The Labute approximate surface area is 189 Å². The van der Waals surface area contributed by atoms with Gasteiger partial charge < -0.3 is 9.64 Å². The Bertz CT molecular complexity index is 1040. The minimum absolute atomic E-state index is 0.0498. The second-order valence-corrected chi connectivity index (χ2v) is 10.0. The van der Waals surface area contributed by atoms with E-state index in [0.29, 0.717) is 18.8 Å². The van der Waals surface area contributed by atoms with Crippen molar-refractivity contribution in [3.63, 3.8) is 0 Å². The fourth-order valence-corrected chi connectivity index (χ4v) is 4.42. The van der Waals surface area contributed by atoms with Gasteiger partial charge in [0.05, 0.1) is 23.6 Å². The van der Waals surface area contributed by atoms with Crippen LogP contribution in [0.3, 0.4) is 0 Å². The number of rotatable bonds is 1. The standard InChI is InChI=1S/C24H33N5O3/c1-15-8-9-18-19(10-15)28(23(31)27-11-16(2)26(7)17(3)12-27)13-20-21(25-14-29(18)20)22(30)32-24(4,5)6/h8-10,14,16-17H,11-13H2,1-7H3/t16-,17+. The van der Waals surface area contributed by atoms with Gasteiger partial charge in [0.15, 0.2) is 5.69 Å². The zero-order valence-electron chi connectivity index (χ0n) is 20.0. The van der Waals surface area contributed by atoms with Gasteiger partial charge in [0, 0.05) is 25.2 Å². The maximum atomic E-state index is 13.8. The van der Waals surface area contributed by atoms with Gasteiger partial charge in [-0.2, -0.15) is 0 Å². The molecule has 172 valence electrons. The fraction of sp³-hybridized carbons (Fsp3) is 0.542. The van der Waals surface area contributed by atoms with Crippen molar-refractivity contribution in [2.45, 2.75) is 65.8 Å². The highest BCUT2D eigenvalue weighted by Crippen LogP contribution is 2.35. The summed E-state index contributed by atoms with van der Waals surface area (Å²) in [6, 6.07) is 6.49. The molecule has 3 heterocycles. The smallest absolute Gasteiger partial charge is 0.359 e.